The Kier molecular flexibility index (Phi) is 7.00. The molecule has 4 nitrogen and oxygen atoms in total. The van der Waals surface area contributed by atoms with Crippen LogP contribution in [0.5, 0.6) is 0 Å². The Morgan fingerprint density at radius 3 is 0.905 bits per heavy atom. The van der Waals surface area contributed by atoms with Crippen LogP contribution in [0.4, 0.5) is 0 Å². The maximum Gasteiger partial charge on any atom is 0.140 e. The maximum atomic E-state index is 10.9. The van der Waals surface area contributed by atoms with E-state index in [2.05, 4.69) is 0 Å². The van der Waals surface area contributed by atoms with Crippen molar-refractivity contribution in [3.05, 3.63) is 0 Å². The number of hydrogen-bond donors (Lipinski definition) is 0. The Labute approximate surface area is 133 Å². The monoisotopic (exact) mass is 314 g/mol. The molecule has 0 spiro atoms. The van der Waals surface area contributed by atoms with Crippen LogP contribution in [0.2, 0.25) is 0 Å². The molecular weight excluding hydrogens is 288 g/mol. The Bertz CT molecular complexity index is 371. The average molecular weight is 314 g/mol. The van der Waals surface area contributed by atoms with Gasteiger partial charge in [0.1, 0.15) is 23.1 Å². The lowest BCUT2D eigenvalue weighted by atomic mass is 9.76. The van der Waals surface area contributed by atoms with Gasteiger partial charge in [-0.2, -0.15) is 13.5 Å². The lowest BCUT2D eigenvalue weighted by molar-refractivity contribution is -0.135. The van der Waals surface area contributed by atoms with Crippen molar-refractivity contribution in [3.8, 4) is 0 Å². The van der Waals surface area contributed by atoms with E-state index in [4.69, 9.17) is 0 Å². The first-order chi connectivity index (χ1) is 8.99. The van der Waals surface area contributed by atoms with E-state index in [-0.39, 0.29) is 60.3 Å². The highest BCUT2D eigenvalue weighted by Gasteiger charge is 2.31. The van der Waals surface area contributed by atoms with Crippen molar-refractivity contribution in [1.82, 2.24) is 0 Å². The summed E-state index contributed by atoms with van der Waals surface area (Å²) in [4.78, 5) is 43.5. The van der Waals surface area contributed by atoms with Gasteiger partial charge >= 0.3 is 0 Å². The topological polar surface area (TPSA) is 68.3 Å². The summed E-state index contributed by atoms with van der Waals surface area (Å²) in [7, 11) is 0. The zero-order valence-electron chi connectivity index (χ0n) is 13.4. The minimum Gasteiger partial charge on any atom is -0.299 e. The maximum absolute atomic E-state index is 10.9. The third kappa shape index (κ3) is 7.55. The number of carbonyl (C=O) groups excluding carboxylic acids is 4. The molecule has 0 atom stereocenters. The summed E-state index contributed by atoms with van der Waals surface area (Å²) >= 11 is 0. The lowest BCUT2D eigenvalue weighted by Gasteiger charge is -2.26. The van der Waals surface area contributed by atoms with Crippen molar-refractivity contribution in [2.75, 3.05) is 0 Å². The fourth-order valence-electron chi connectivity index (χ4n) is 2.95. The molecule has 0 amide bonds. The quantitative estimate of drug-likeness (QED) is 0.645. The van der Waals surface area contributed by atoms with Gasteiger partial charge in [-0.3, -0.25) is 19.2 Å². The van der Waals surface area contributed by atoms with Crippen LogP contribution in [0.1, 0.15) is 66.2 Å². The van der Waals surface area contributed by atoms with E-state index >= 15 is 0 Å². The summed E-state index contributed by atoms with van der Waals surface area (Å²) < 4.78 is 0. The first kappa shape index (κ1) is 20.0. The van der Waals surface area contributed by atoms with E-state index in [0.29, 0.717) is 25.7 Å². The molecule has 2 rings (SSSR count). The van der Waals surface area contributed by atoms with Crippen LogP contribution in [0.25, 0.3) is 0 Å². The smallest absolute Gasteiger partial charge is 0.140 e. The van der Waals surface area contributed by atoms with Crippen molar-refractivity contribution in [3.63, 3.8) is 0 Å². The van der Waals surface area contributed by atoms with Crippen molar-refractivity contribution >= 4 is 36.6 Å². The van der Waals surface area contributed by atoms with E-state index in [1.54, 1.807) is 0 Å². The van der Waals surface area contributed by atoms with Gasteiger partial charge in [-0.1, -0.05) is 27.7 Å². The zero-order chi connectivity index (χ0) is 15.6. The van der Waals surface area contributed by atoms with Gasteiger partial charge in [0.25, 0.3) is 0 Å². The summed E-state index contributed by atoms with van der Waals surface area (Å²) in [6.45, 7) is 7.84. The van der Waals surface area contributed by atoms with Gasteiger partial charge < -0.3 is 0 Å². The second-order valence-corrected chi connectivity index (χ2v) is 7.54. The first-order valence-electron chi connectivity index (χ1n) is 7.06. The van der Waals surface area contributed by atoms with Crippen molar-refractivity contribution in [2.45, 2.75) is 66.2 Å². The standard InChI is InChI=1S/2C8H12O2.H2S/c2*1-8(2)4-6(9)3-7(10)5-8;/h2*3-5H2,1-2H3;1H2. The van der Waals surface area contributed by atoms with Crippen LogP contribution in [0.15, 0.2) is 0 Å². The number of rotatable bonds is 0. The molecule has 0 aliphatic heterocycles. The third-order valence-electron chi connectivity index (χ3n) is 3.49. The van der Waals surface area contributed by atoms with Gasteiger partial charge in [-0.05, 0) is 10.8 Å². The normalized spacial score (nSPS) is 23.8. The number of ketones is 4. The Balaban J connectivity index is 0.000000364. The summed E-state index contributed by atoms with van der Waals surface area (Å²) in [5.74, 6) is 0.394. The van der Waals surface area contributed by atoms with Crippen LogP contribution in [-0.4, -0.2) is 23.1 Å². The van der Waals surface area contributed by atoms with Gasteiger partial charge in [-0.25, -0.2) is 0 Å². The van der Waals surface area contributed by atoms with Crippen molar-refractivity contribution < 1.29 is 19.2 Å². The largest absolute Gasteiger partial charge is 0.299 e. The molecule has 2 aliphatic carbocycles. The second kappa shape index (κ2) is 7.34. The Hall–Kier alpha value is -0.970. The van der Waals surface area contributed by atoms with Gasteiger partial charge in [-0.15, -0.1) is 0 Å². The molecule has 120 valence electrons. The number of Topliss-reactive ketones (excluding diaryl/α,β-unsaturated/α-hetero) is 4. The number of hydrogen-bond acceptors (Lipinski definition) is 4. The zero-order valence-corrected chi connectivity index (χ0v) is 14.4. The van der Waals surface area contributed by atoms with Crippen LogP contribution in [0.3, 0.4) is 0 Å². The molecule has 2 saturated carbocycles. The predicted molar refractivity (Wildman–Crippen MR) is 85.7 cm³/mol. The van der Waals surface area contributed by atoms with Crippen LogP contribution in [-0.2, 0) is 19.2 Å². The molecular formula is C16H26O4S. The molecule has 0 N–H and O–H groups in total. The average Bonchev–Trinajstić information content (AvgIpc) is 2.08. The lowest BCUT2D eigenvalue weighted by Crippen LogP contribution is -2.28. The summed E-state index contributed by atoms with van der Waals surface area (Å²) in [6, 6.07) is 0. The molecule has 0 aromatic rings. The summed E-state index contributed by atoms with van der Waals surface area (Å²) in [5, 5.41) is 0. The minimum absolute atomic E-state index is 0. The van der Waals surface area contributed by atoms with Gasteiger partial charge in [0, 0.05) is 25.7 Å². The molecule has 2 aliphatic rings. The third-order valence-corrected chi connectivity index (χ3v) is 3.49. The van der Waals surface area contributed by atoms with Crippen LogP contribution >= 0.6 is 13.5 Å². The highest BCUT2D eigenvalue weighted by Crippen LogP contribution is 2.31. The highest BCUT2D eigenvalue weighted by atomic mass is 32.1. The molecule has 0 aromatic carbocycles. The first-order valence-corrected chi connectivity index (χ1v) is 7.06. The summed E-state index contributed by atoms with van der Waals surface area (Å²) in [6.07, 6.45) is 2.61. The molecule has 0 radical (unpaired) electrons. The molecule has 0 saturated heterocycles. The minimum atomic E-state index is -0.0770. The molecule has 0 heterocycles. The van der Waals surface area contributed by atoms with E-state index in [0.717, 1.165) is 0 Å². The molecule has 5 heteroatoms. The molecule has 0 aromatic heterocycles. The predicted octanol–water partition coefficient (Wildman–Crippen LogP) is 2.78. The molecule has 2 fully saturated rings. The Morgan fingerprint density at radius 1 is 0.571 bits per heavy atom. The van der Waals surface area contributed by atoms with Gasteiger partial charge in [0.15, 0.2) is 0 Å². The summed E-state index contributed by atoms with van der Waals surface area (Å²) in [5.41, 5.74) is -0.154. The second-order valence-electron chi connectivity index (χ2n) is 7.54. The van der Waals surface area contributed by atoms with E-state index in [9.17, 15) is 19.2 Å². The molecule has 21 heavy (non-hydrogen) atoms. The van der Waals surface area contributed by atoms with E-state index in [1.807, 2.05) is 27.7 Å². The fourth-order valence-corrected chi connectivity index (χ4v) is 2.95. The Morgan fingerprint density at radius 2 is 0.762 bits per heavy atom. The SMILES string of the molecule is CC1(C)CC(=O)CC(=O)C1.CC1(C)CC(=O)CC(=O)C1.S. The molecule has 0 unspecified atom stereocenters. The fraction of sp³-hybridized carbons (Fsp3) is 0.750. The number of carbonyl (C=O) groups is 4. The molecule has 0 bridgehead atoms. The van der Waals surface area contributed by atoms with E-state index in [1.165, 1.54) is 0 Å². The van der Waals surface area contributed by atoms with Crippen LogP contribution in [0, 0.1) is 10.8 Å². The van der Waals surface area contributed by atoms with Gasteiger partial charge in [0.2, 0.25) is 0 Å². The van der Waals surface area contributed by atoms with E-state index < -0.39 is 0 Å². The van der Waals surface area contributed by atoms with Crippen molar-refractivity contribution in [1.29, 1.82) is 0 Å². The highest BCUT2D eigenvalue weighted by molar-refractivity contribution is 7.59. The van der Waals surface area contributed by atoms with Crippen molar-refractivity contribution in [2.24, 2.45) is 10.8 Å². The van der Waals surface area contributed by atoms with Crippen LogP contribution < -0.4 is 0 Å². The van der Waals surface area contributed by atoms with Gasteiger partial charge in [0.05, 0.1) is 12.8 Å².